The number of carbonyl (C=O) groups excluding carboxylic acids is 1. The van der Waals surface area contributed by atoms with Crippen LogP contribution < -0.4 is 4.90 Å². The first-order valence-electron chi connectivity index (χ1n) is 6.52. The van der Waals surface area contributed by atoms with E-state index in [4.69, 9.17) is 4.42 Å². The van der Waals surface area contributed by atoms with Gasteiger partial charge in [-0.05, 0) is 25.0 Å². The van der Waals surface area contributed by atoms with E-state index >= 15 is 0 Å². The number of para-hydroxylation sites is 1. The zero-order chi connectivity index (χ0) is 13.9. The Morgan fingerprint density at radius 1 is 1.35 bits per heavy atom. The molecule has 6 heteroatoms. The molecule has 0 aliphatic heterocycles. The van der Waals surface area contributed by atoms with Crippen LogP contribution in [0, 0.1) is 0 Å². The molecule has 0 radical (unpaired) electrons. The molecule has 5 nitrogen and oxygen atoms in total. The van der Waals surface area contributed by atoms with Gasteiger partial charge in [-0.3, -0.25) is 4.79 Å². The molecule has 0 atom stereocenters. The van der Waals surface area contributed by atoms with E-state index in [0.29, 0.717) is 17.0 Å². The van der Waals surface area contributed by atoms with E-state index in [-0.39, 0.29) is 11.7 Å². The van der Waals surface area contributed by atoms with E-state index in [0.717, 1.165) is 18.5 Å². The number of benzene rings is 1. The van der Waals surface area contributed by atoms with Gasteiger partial charge in [0.15, 0.2) is 0 Å². The number of amides is 1. The molecular weight excluding hydrogens is 274 g/mol. The summed E-state index contributed by atoms with van der Waals surface area (Å²) in [7, 11) is 1.77. The van der Waals surface area contributed by atoms with Gasteiger partial charge in [0, 0.05) is 18.7 Å². The van der Waals surface area contributed by atoms with Crippen molar-refractivity contribution in [3.63, 3.8) is 0 Å². The summed E-state index contributed by atoms with van der Waals surface area (Å²) in [5.74, 6) is 1.45. The highest BCUT2D eigenvalue weighted by Gasteiger charge is 2.29. The van der Waals surface area contributed by atoms with Crippen LogP contribution in [0.2, 0.25) is 0 Å². The SMILES string of the molecule is CN(C(=O)CSc1nnc(C2CC2)o1)c1ccccc1. The fourth-order valence-electron chi connectivity index (χ4n) is 1.79. The molecule has 0 saturated heterocycles. The summed E-state index contributed by atoms with van der Waals surface area (Å²) in [6.07, 6.45) is 2.25. The second kappa shape index (κ2) is 5.66. The maximum Gasteiger partial charge on any atom is 0.277 e. The Morgan fingerprint density at radius 2 is 2.10 bits per heavy atom. The lowest BCUT2D eigenvalue weighted by molar-refractivity contribution is -0.115. The fourth-order valence-corrected chi connectivity index (χ4v) is 2.47. The number of nitrogens with zero attached hydrogens (tertiary/aromatic N) is 3. The van der Waals surface area contributed by atoms with Gasteiger partial charge in [-0.2, -0.15) is 0 Å². The molecule has 1 aromatic heterocycles. The molecule has 1 saturated carbocycles. The Bertz CT molecular complexity index is 595. The quantitative estimate of drug-likeness (QED) is 0.792. The summed E-state index contributed by atoms with van der Waals surface area (Å²) in [6, 6.07) is 9.55. The number of rotatable bonds is 5. The van der Waals surface area contributed by atoms with Gasteiger partial charge in [-0.15, -0.1) is 10.2 Å². The lowest BCUT2D eigenvalue weighted by Crippen LogP contribution is -2.27. The molecule has 0 bridgehead atoms. The predicted octanol–water partition coefficient (Wildman–Crippen LogP) is 2.70. The molecule has 2 aromatic rings. The molecular formula is C14H15N3O2S. The summed E-state index contributed by atoms with van der Waals surface area (Å²) in [5.41, 5.74) is 0.877. The van der Waals surface area contributed by atoms with Gasteiger partial charge in [0.2, 0.25) is 11.8 Å². The maximum absolute atomic E-state index is 12.1. The maximum atomic E-state index is 12.1. The van der Waals surface area contributed by atoms with Crippen molar-refractivity contribution in [2.75, 3.05) is 17.7 Å². The van der Waals surface area contributed by atoms with E-state index in [1.165, 1.54) is 11.8 Å². The van der Waals surface area contributed by atoms with Crippen LogP contribution >= 0.6 is 11.8 Å². The third-order valence-corrected chi connectivity index (χ3v) is 3.99. The first-order valence-corrected chi connectivity index (χ1v) is 7.50. The zero-order valence-corrected chi connectivity index (χ0v) is 12.0. The summed E-state index contributed by atoms with van der Waals surface area (Å²) in [5, 5.41) is 8.43. The van der Waals surface area contributed by atoms with Crippen LogP contribution in [0.15, 0.2) is 40.0 Å². The summed E-state index contributed by atoms with van der Waals surface area (Å²) >= 11 is 1.29. The molecule has 104 valence electrons. The summed E-state index contributed by atoms with van der Waals surface area (Å²) < 4.78 is 5.51. The van der Waals surface area contributed by atoms with Gasteiger partial charge in [-0.25, -0.2) is 0 Å². The lowest BCUT2D eigenvalue weighted by atomic mass is 10.3. The van der Waals surface area contributed by atoms with Crippen LogP contribution in [0.5, 0.6) is 0 Å². The number of anilines is 1. The predicted molar refractivity (Wildman–Crippen MR) is 76.8 cm³/mol. The van der Waals surface area contributed by atoms with Gasteiger partial charge >= 0.3 is 0 Å². The molecule has 1 fully saturated rings. The van der Waals surface area contributed by atoms with E-state index in [2.05, 4.69) is 10.2 Å². The number of hydrogen-bond acceptors (Lipinski definition) is 5. The van der Waals surface area contributed by atoms with Crippen molar-refractivity contribution in [3.05, 3.63) is 36.2 Å². The smallest absolute Gasteiger partial charge is 0.277 e. The Labute approximate surface area is 121 Å². The molecule has 20 heavy (non-hydrogen) atoms. The third-order valence-electron chi connectivity index (χ3n) is 3.19. The van der Waals surface area contributed by atoms with Crippen molar-refractivity contribution in [3.8, 4) is 0 Å². The molecule has 3 rings (SSSR count). The highest BCUT2D eigenvalue weighted by atomic mass is 32.2. The Balaban J connectivity index is 1.55. The first-order chi connectivity index (χ1) is 9.74. The molecule has 1 amide bonds. The summed E-state index contributed by atoms with van der Waals surface area (Å²) in [6.45, 7) is 0. The molecule has 1 aromatic carbocycles. The number of carbonyl (C=O) groups is 1. The third kappa shape index (κ3) is 3.01. The van der Waals surface area contributed by atoms with Gasteiger partial charge in [0.05, 0.1) is 5.75 Å². The number of aromatic nitrogens is 2. The minimum atomic E-state index is 0.00683. The first kappa shape index (κ1) is 13.2. The lowest BCUT2D eigenvalue weighted by Gasteiger charge is -2.16. The second-order valence-electron chi connectivity index (χ2n) is 4.76. The monoisotopic (exact) mass is 289 g/mol. The zero-order valence-electron chi connectivity index (χ0n) is 11.2. The number of hydrogen-bond donors (Lipinski definition) is 0. The Kier molecular flexibility index (Phi) is 3.73. The Hall–Kier alpha value is -1.82. The van der Waals surface area contributed by atoms with Crippen LogP contribution in [-0.4, -0.2) is 28.9 Å². The van der Waals surface area contributed by atoms with Crippen LogP contribution in [-0.2, 0) is 4.79 Å². The minimum Gasteiger partial charge on any atom is -0.416 e. The van der Waals surface area contributed by atoms with Crippen molar-refractivity contribution in [1.82, 2.24) is 10.2 Å². The van der Waals surface area contributed by atoms with Crippen molar-refractivity contribution >= 4 is 23.4 Å². The highest BCUT2D eigenvalue weighted by Crippen LogP contribution is 2.39. The molecule has 1 aliphatic carbocycles. The van der Waals surface area contributed by atoms with E-state index in [1.54, 1.807) is 11.9 Å². The van der Waals surface area contributed by atoms with Gasteiger partial charge in [-0.1, -0.05) is 30.0 Å². The van der Waals surface area contributed by atoms with Crippen LogP contribution in [0.1, 0.15) is 24.7 Å². The highest BCUT2D eigenvalue weighted by molar-refractivity contribution is 7.99. The largest absolute Gasteiger partial charge is 0.416 e. The van der Waals surface area contributed by atoms with Gasteiger partial charge in [0.1, 0.15) is 0 Å². The van der Waals surface area contributed by atoms with E-state index in [1.807, 2.05) is 30.3 Å². The van der Waals surface area contributed by atoms with E-state index < -0.39 is 0 Å². The van der Waals surface area contributed by atoms with Crippen LogP contribution in [0.4, 0.5) is 5.69 Å². The average Bonchev–Trinajstić information content (AvgIpc) is 3.24. The average molecular weight is 289 g/mol. The molecule has 0 spiro atoms. The number of thioether (sulfide) groups is 1. The van der Waals surface area contributed by atoms with Gasteiger partial charge < -0.3 is 9.32 Å². The van der Waals surface area contributed by atoms with Crippen LogP contribution in [0.25, 0.3) is 0 Å². The second-order valence-corrected chi connectivity index (χ2v) is 5.68. The van der Waals surface area contributed by atoms with Crippen molar-refractivity contribution < 1.29 is 9.21 Å². The van der Waals surface area contributed by atoms with E-state index in [9.17, 15) is 4.79 Å². The fraction of sp³-hybridized carbons (Fsp3) is 0.357. The summed E-state index contributed by atoms with van der Waals surface area (Å²) in [4.78, 5) is 13.7. The van der Waals surface area contributed by atoms with Crippen molar-refractivity contribution in [2.24, 2.45) is 0 Å². The normalized spacial score (nSPS) is 14.2. The standard InChI is InChI=1S/C14H15N3O2S/c1-17(11-5-3-2-4-6-11)12(18)9-20-14-16-15-13(19-14)10-7-8-10/h2-6,10H,7-9H2,1H3. The molecule has 1 heterocycles. The topological polar surface area (TPSA) is 59.2 Å². The molecule has 0 N–H and O–H groups in total. The van der Waals surface area contributed by atoms with Crippen molar-refractivity contribution in [1.29, 1.82) is 0 Å². The van der Waals surface area contributed by atoms with Crippen molar-refractivity contribution in [2.45, 2.75) is 24.0 Å². The van der Waals surface area contributed by atoms with Crippen LogP contribution in [0.3, 0.4) is 0 Å². The minimum absolute atomic E-state index is 0.00683. The molecule has 0 unspecified atom stereocenters. The Morgan fingerprint density at radius 3 is 2.80 bits per heavy atom. The molecule has 1 aliphatic rings. The van der Waals surface area contributed by atoms with Gasteiger partial charge in [0.25, 0.3) is 5.22 Å².